The number of methoxy groups -OCH3 is 1. The highest BCUT2D eigenvalue weighted by Crippen LogP contribution is 2.24. The molecule has 0 aliphatic rings. The van der Waals surface area contributed by atoms with Crippen LogP contribution in [0.2, 0.25) is 0 Å². The SMILES string of the molecule is CNC(=O)CS(=O)c1ccc(N)cc1OC. The van der Waals surface area contributed by atoms with Crippen LogP contribution < -0.4 is 15.8 Å². The van der Waals surface area contributed by atoms with Crippen LogP contribution in [0.25, 0.3) is 0 Å². The lowest BCUT2D eigenvalue weighted by atomic mass is 10.3. The molecule has 0 heterocycles. The van der Waals surface area contributed by atoms with Gasteiger partial charge in [-0.2, -0.15) is 0 Å². The van der Waals surface area contributed by atoms with Crippen LogP contribution in [-0.2, 0) is 15.6 Å². The van der Waals surface area contributed by atoms with Gasteiger partial charge in [-0.25, -0.2) is 0 Å². The Hall–Kier alpha value is -1.56. The predicted octanol–water partition coefficient (Wildman–Crippen LogP) is 0.131. The highest BCUT2D eigenvalue weighted by atomic mass is 32.2. The zero-order valence-corrected chi connectivity index (χ0v) is 9.97. The Labute approximate surface area is 96.4 Å². The molecule has 16 heavy (non-hydrogen) atoms. The van der Waals surface area contributed by atoms with E-state index in [1.165, 1.54) is 14.2 Å². The van der Waals surface area contributed by atoms with Crippen molar-refractivity contribution in [2.24, 2.45) is 0 Å². The standard InChI is InChI=1S/C10H14N2O3S/c1-12-10(13)6-16(14)9-4-3-7(11)5-8(9)15-2/h3-5H,6,11H2,1-2H3,(H,12,13). The van der Waals surface area contributed by atoms with E-state index in [0.29, 0.717) is 16.3 Å². The van der Waals surface area contributed by atoms with Crippen molar-refractivity contribution < 1.29 is 13.7 Å². The fourth-order valence-corrected chi connectivity index (χ4v) is 2.27. The fraction of sp³-hybridized carbons (Fsp3) is 0.300. The molecule has 0 saturated heterocycles. The van der Waals surface area contributed by atoms with Crippen LogP contribution in [0.15, 0.2) is 23.1 Å². The van der Waals surface area contributed by atoms with Gasteiger partial charge >= 0.3 is 0 Å². The first-order valence-electron chi connectivity index (χ1n) is 4.61. The lowest BCUT2D eigenvalue weighted by molar-refractivity contribution is -0.118. The van der Waals surface area contributed by atoms with Gasteiger partial charge in [0.25, 0.3) is 0 Å². The van der Waals surface area contributed by atoms with Gasteiger partial charge in [0.1, 0.15) is 11.5 Å². The summed E-state index contributed by atoms with van der Waals surface area (Å²) in [6.07, 6.45) is 0. The van der Waals surface area contributed by atoms with Crippen molar-refractivity contribution in [2.75, 3.05) is 25.6 Å². The number of benzene rings is 1. The van der Waals surface area contributed by atoms with E-state index >= 15 is 0 Å². The van der Waals surface area contributed by atoms with Crippen molar-refractivity contribution in [3.8, 4) is 5.75 Å². The molecule has 1 aromatic rings. The molecule has 1 atom stereocenters. The van der Waals surface area contributed by atoms with Crippen LogP contribution in [0.1, 0.15) is 0 Å². The summed E-state index contributed by atoms with van der Waals surface area (Å²) in [7, 11) is 1.54. The summed E-state index contributed by atoms with van der Waals surface area (Å²) in [6, 6.07) is 4.81. The van der Waals surface area contributed by atoms with Gasteiger partial charge in [0.15, 0.2) is 0 Å². The minimum atomic E-state index is -1.43. The zero-order valence-electron chi connectivity index (χ0n) is 9.15. The van der Waals surface area contributed by atoms with Gasteiger partial charge in [0, 0.05) is 18.8 Å². The fourth-order valence-electron chi connectivity index (χ4n) is 1.14. The maximum Gasteiger partial charge on any atom is 0.232 e. The van der Waals surface area contributed by atoms with E-state index in [4.69, 9.17) is 10.5 Å². The Morgan fingerprint density at radius 3 is 2.81 bits per heavy atom. The van der Waals surface area contributed by atoms with E-state index < -0.39 is 10.8 Å². The van der Waals surface area contributed by atoms with Gasteiger partial charge in [-0.15, -0.1) is 0 Å². The van der Waals surface area contributed by atoms with E-state index in [1.54, 1.807) is 18.2 Å². The Morgan fingerprint density at radius 2 is 2.25 bits per heavy atom. The molecule has 0 saturated carbocycles. The third-order valence-corrected chi connectivity index (χ3v) is 3.33. The molecule has 3 N–H and O–H groups in total. The molecular formula is C10H14N2O3S. The second kappa shape index (κ2) is 5.50. The molecule has 0 aliphatic carbocycles. The lowest BCUT2D eigenvalue weighted by Crippen LogP contribution is -2.24. The number of nitrogens with two attached hydrogens (primary N) is 1. The maximum atomic E-state index is 11.8. The van der Waals surface area contributed by atoms with Crippen molar-refractivity contribution in [1.82, 2.24) is 5.32 Å². The molecule has 1 aromatic carbocycles. The Kier molecular flexibility index (Phi) is 4.30. The van der Waals surface area contributed by atoms with Crippen LogP contribution in [-0.4, -0.2) is 30.0 Å². The molecule has 0 aromatic heterocycles. The summed E-state index contributed by atoms with van der Waals surface area (Å²) in [4.78, 5) is 11.6. The van der Waals surface area contributed by atoms with Crippen LogP contribution >= 0.6 is 0 Å². The van der Waals surface area contributed by atoms with Crippen molar-refractivity contribution in [1.29, 1.82) is 0 Å². The summed E-state index contributed by atoms with van der Waals surface area (Å²) in [5.74, 6) is 0.0657. The second-order valence-electron chi connectivity index (χ2n) is 3.07. The molecule has 88 valence electrons. The predicted molar refractivity (Wildman–Crippen MR) is 62.7 cm³/mol. The monoisotopic (exact) mass is 242 g/mol. The van der Waals surface area contributed by atoms with Crippen molar-refractivity contribution >= 4 is 22.4 Å². The number of nitrogens with one attached hydrogen (secondary N) is 1. The van der Waals surface area contributed by atoms with E-state index in [9.17, 15) is 9.00 Å². The van der Waals surface area contributed by atoms with Gasteiger partial charge in [-0.1, -0.05) is 0 Å². The summed E-state index contributed by atoms with van der Waals surface area (Å²) in [6.45, 7) is 0. The Balaban J connectivity index is 2.94. The zero-order chi connectivity index (χ0) is 12.1. The van der Waals surface area contributed by atoms with Crippen molar-refractivity contribution in [2.45, 2.75) is 4.90 Å². The van der Waals surface area contributed by atoms with Crippen LogP contribution in [0.4, 0.5) is 5.69 Å². The summed E-state index contributed by atoms with van der Waals surface area (Å²) in [5.41, 5.74) is 6.10. The number of hydrogen-bond donors (Lipinski definition) is 2. The molecule has 0 fully saturated rings. The number of amides is 1. The normalized spacial score (nSPS) is 11.9. The first kappa shape index (κ1) is 12.5. The summed E-state index contributed by atoms with van der Waals surface area (Å²) < 4.78 is 16.9. The number of carbonyl (C=O) groups excluding carboxylic acids is 1. The minimum Gasteiger partial charge on any atom is -0.495 e. The average Bonchev–Trinajstić information content (AvgIpc) is 2.28. The second-order valence-corrected chi connectivity index (χ2v) is 4.49. The van der Waals surface area contributed by atoms with Gasteiger partial charge in [0.05, 0.1) is 22.8 Å². The molecule has 5 nitrogen and oxygen atoms in total. The van der Waals surface area contributed by atoms with E-state index in [-0.39, 0.29) is 11.7 Å². The van der Waals surface area contributed by atoms with Gasteiger partial charge < -0.3 is 15.8 Å². The Morgan fingerprint density at radius 1 is 1.56 bits per heavy atom. The molecule has 0 aliphatic heterocycles. The number of anilines is 1. The summed E-state index contributed by atoms with van der Waals surface area (Å²) >= 11 is 0. The molecule has 6 heteroatoms. The van der Waals surface area contributed by atoms with Crippen LogP contribution in [0.5, 0.6) is 5.75 Å². The van der Waals surface area contributed by atoms with Crippen molar-refractivity contribution in [3.63, 3.8) is 0 Å². The molecule has 1 unspecified atom stereocenters. The minimum absolute atomic E-state index is 0.0865. The van der Waals surface area contributed by atoms with E-state index in [1.807, 2.05) is 0 Å². The molecule has 0 spiro atoms. The molecular weight excluding hydrogens is 228 g/mol. The van der Waals surface area contributed by atoms with Crippen molar-refractivity contribution in [3.05, 3.63) is 18.2 Å². The van der Waals surface area contributed by atoms with Gasteiger partial charge in [-0.05, 0) is 12.1 Å². The van der Waals surface area contributed by atoms with Gasteiger partial charge in [0.2, 0.25) is 5.91 Å². The lowest BCUT2D eigenvalue weighted by Gasteiger charge is -2.08. The van der Waals surface area contributed by atoms with Crippen LogP contribution in [0, 0.1) is 0 Å². The Bertz CT molecular complexity index is 421. The first-order valence-corrected chi connectivity index (χ1v) is 5.93. The molecule has 0 radical (unpaired) electrons. The molecule has 0 bridgehead atoms. The number of carbonyl (C=O) groups is 1. The third kappa shape index (κ3) is 2.96. The highest BCUT2D eigenvalue weighted by molar-refractivity contribution is 7.85. The third-order valence-electron chi connectivity index (χ3n) is 1.97. The maximum absolute atomic E-state index is 11.8. The molecule has 1 amide bonds. The number of ether oxygens (including phenoxy) is 1. The molecule has 1 rings (SSSR count). The van der Waals surface area contributed by atoms with E-state index in [0.717, 1.165) is 0 Å². The average molecular weight is 242 g/mol. The highest BCUT2D eigenvalue weighted by Gasteiger charge is 2.13. The van der Waals surface area contributed by atoms with Crippen LogP contribution in [0.3, 0.4) is 0 Å². The number of nitrogen functional groups attached to an aromatic ring is 1. The summed E-state index contributed by atoms with van der Waals surface area (Å²) in [5, 5.41) is 2.42. The smallest absolute Gasteiger partial charge is 0.232 e. The van der Waals surface area contributed by atoms with Gasteiger partial charge in [-0.3, -0.25) is 9.00 Å². The number of rotatable bonds is 4. The number of hydrogen-bond acceptors (Lipinski definition) is 4. The van der Waals surface area contributed by atoms with E-state index in [2.05, 4.69) is 5.32 Å². The first-order chi connectivity index (χ1) is 7.58. The quantitative estimate of drug-likeness (QED) is 0.735. The topological polar surface area (TPSA) is 81.4 Å². The largest absolute Gasteiger partial charge is 0.495 e.